The summed E-state index contributed by atoms with van der Waals surface area (Å²) in [6.07, 6.45) is 1.85. The predicted molar refractivity (Wildman–Crippen MR) is 104 cm³/mol. The maximum absolute atomic E-state index is 12.9. The van der Waals surface area contributed by atoms with E-state index in [-0.39, 0.29) is 46.8 Å². The maximum atomic E-state index is 12.9. The largest absolute Gasteiger partial charge is 0.462 e. The number of pyridine rings is 2. The summed E-state index contributed by atoms with van der Waals surface area (Å²) in [6.45, 7) is 5.67. The second-order valence-corrected chi connectivity index (χ2v) is 6.85. The number of fused-ring (bicyclic) bond motifs is 2. The normalized spacial score (nSPS) is 12.1. The van der Waals surface area contributed by atoms with Crippen LogP contribution in [0.4, 0.5) is 0 Å². The van der Waals surface area contributed by atoms with Gasteiger partial charge in [-0.1, -0.05) is 19.9 Å². The molecule has 3 rings (SSSR count). The zero-order valence-corrected chi connectivity index (χ0v) is 16.3. The van der Waals surface area contributed by atoms with Crippen LogP contribution in [0.1, 0.15) is 37.6 Å². The number of carbonyl (C=O) groups is 2. The Hall–Kier alpha value is -3.29. The average molecular weight is 382 g/mol. The highest BCUT2D eigenvalue weighted by molar-refractivity contribution is 5.93. The van der Waals surface area contributed by atoms with Crippen LogP contribution >= 0.6 is 0 Å². The first-order valence-electron chi connectivity index (χ1n) is 9.09. The topological polar surface area (TPSA) is 95.0 Å². The van der Waals surface area contributed by atoms with Crippen molar-refractivity contribution in [2.45, 2.75) is 27.2 Å². The van der Waals surface area contributed by atoms with E-state index in [0.717, 1.165) is 0 Å². The molecule has 0 bridgehead atoms. The monoisotopic (exact) mass is 382 g/mol. The molecule has 0 aromatic carbocycles. The minimum atomic E-state index is -0.645. The van der Waals surface area contributed by atoms with Crippen molar-refractivity contribution in [1.82, 2.24) is 14.0 Å². The number of ether oxygens (including phenoxy) is 1. The number of carbonyl (C=O) groups excluding carboxylic acids is 2. The van der Waals surface area contributed by atoms with Crippen LogP contribution in [0.3, 0.4) is 0 Å². The maximum Gasteiger partial charge on any atom is 0.341 e. The number of hydrogen-bond acceptors (Lipinski definition) is 5. The van der Waals surface area contributed by atoms with Crippen LogP contribution in [0.5, 0.6) is 0 Å². The molecule has 1 amide bonds. The lowest BCUT2D eigenvalue weighted by molar-refractivity contribution is -0.118. The van der Waals surface area contributed by atoms with Crippen LogP contribution < -0.4 is 11.0 Å². The van der Waals surface area contributed by atoms with E-state index in [0.29, 0.717) is 11.3 Å². The molecule has 0 aliphatic carbocycles. The van der Waals surface area contributed by atoms with Crippen molar-refractivity contribution < 1.29 is 14.3 Å². The van der Waals surface area contributed by atoms with Gasteiger partial charge in [0.25, 0.3) is 5.56 Å². The molecule has 146 valence electrons. The third kappa shape index (κ3) is 3.58. The fraction of sp³-hybridized carbons (Fsp3) is 0.350. The average Bonchev–Trinajstić information content (AvgIpc) is 2.64. The third-order valence-electron chi connectivity index (χ3n) is 4.22. The number of rotatable bonds is 4. The summed E-state index contributed by atoms with van der Waals surface area (Å²) in [4.78, 5) is 46.4. The molecule has 28 heavy (non-hydrogen) atoms. The van der Waals surface area contributed by atoms with Crippen molar-refractivity contribution in [2.75, 3.05) is 6.61 Å². The number of aromatic nitrogens is 3. The van der Waals surface area contributed by atoms with Crippen molar-refractivity contribution in [2.24, 2.45) is 18.0 Å². The number of nitrogens with zero attached hydrogens (tertiary/aromatic N) is 4. The SMILES string of the molecule is CCOC(=O)c1cc2c(=O)n3ccccc3nc2n(C)c1=NC(=O)CC(C)C. The summed E-state index contributed by atoms with van der Waals surface area (Å²) in [5.74, 6) is -0.874. The van der Waals surface area contributed by atoms with Gasteiger partial charge in [-0.25, -0.2) is 9.78 Å². The summed E-state index contributed by atoms with van der Waals surface area (Å²) in [5, 5.41) is 0.240. The molecule has 0 atom stereocenters. The van der Waals surface area contributed by atoms with Gasteiger partial charge in [-0.05, 0) is 31.0 Å². The van der Waals surface area contributed by atoms with Crippen molar-refractivity contribution in [3.63, 3.8) is 0 Å². The van der Waals surface area contributed by atoms with Gasteiger partial charge in [-0.15, -0.1) is 0 Å². The zero-order chi connectivity index (χ0) is 20.4. The van der Waals surface area contributed by atoms with Gasteiger partial charge in [0.15, 0.2) is 5.49 Å². The van der Waals surface area contributed by atoms with Gasteiger partial charge < -0.3 is 9.30 Å². The highest BCUT2D eigenvalue weighted by Gasteiger charge is 2.18. The Labute approximate surface area is 161 Å². The zero-order valence-electron chi connectivity index (χ0n) is 16.3. The van der Waals surface area contributed by atoms with Crippen LogP contribution in [0.2, 0.25) is 0 Å². The molecule has 0 radical (unpaired) electrons. The third-order valence-corrected chi connectivity index (χ3v) is 4.22. The highest BCUT2D eigenvalue weighted by atomic mass is 16.5. The molecular formula is C20H22N4O4. The molecule has 8 heteroatoms. The van der Waals surface area contributed by atoms with Crippen molar-refractivity contribution in [3.05, 3.63) is 51.9 Å². The molecule has 3 aromatic rings. The van der Waals surface area contributed by atoms with Crippen LogP contribution in [0.25, 0.3) is 16.7 Å². The summed E-state index contributed by atoms with van der Waals surface area (Å²) < 4.78 is 8.00. The van der Waals surface area contributed by atoms with E-state index in [1.165, 1.54) is 15.0 Å². The molecule has 8 nitrogen and oxygen atoms in total. The van der Waals surface area contributed by atoms with E-state index in [2.05, 4.69) is 9.98 Å². The number of amides is 1. The van der Waals surface area contributed by atoms with Gasteiger partial charge in [-0.3, -0.25) is 14.0 Å². The van der Waals surface area contributed by atoms with E-state index in [9.17, 15) is 14.4 Å². The quantitative estimate of drug-likeness (QED) is 0.507. The van der Waals surface area contributed by atoms with E-state index in [1.54, 1.807) is 38.4 Å². The smallest absolute Gasteiger partial charge is 0.341 e. The van der Waals surface area contributed by atoms with E-state index < -0.39 is 5.97 Å². The van der Waals surface area contributed by atoms with Crippen LogP contribution in [-0.4, -0.2) is 32.4 Å². The highest BCUT2D eigenvalue weighted by Crippen LogP contribution is 2.10. The Balaban J connectivity index is 2.41. The van der Waals surface area contributed by atoms with Gasteiger partial charge in [0.2, 0.25) is 5.91 Å². The molecular weight excluding hydrogens is 360 g/mol. The van der Waals surface area contributed by atoms with Crippen LogP contribution in [0, 0.1) is 5.92 Å². The van der Waals surface area contributed by atoms with Gasteiger partial charge in [-0.2, -0.15) is 4.99 Å². The number of hydrogen-bond donors (Lipinski definition) is 0. The molecule has 3 aromatic heterocycles. The van der Waals surface area contributed by atoms with Crippen LogP contribution in [-0.2, 0) is 16.6 Å². The molecule has 0 spiro atoms. The van der Waals surface area contributed by atoms with Gasteiger partial charge in [0.05, 0.1) is 12.0 Å². The second-order valence-electron chi connectivity index (χ2n) is 6.85. The first-order valence-corrected chi connectivity index (χ1v) is 9.09. The lowest BCUT2D eigenvalue weighted by atomic mass is 10.1. The Bertz CT molecular complexity index is 1200. The molecule has 0 saturated heterocycles. The van der Waals surface area contributed by atoms with Gasteiger partial charge >= 0.3 is 5.97 Å². The fourth-order valence-corrected chi connectivity index (χ4v) is 2.97. The van der Waals surface area contributed by atoms with Crippen molar-refractivity contribution in [3.8, 4) is 0 Å². The minimum absolute atomic E-state index is 0.0590. The Morgan fingerprint density at radius 2 is 2.04 bits per heavy atom. The molecule has 0 aliphatic rings. The van der Waals surface area contributed by atoms with Crippen molar-refractivity contribution in [1.29, 1.82) is 0 Å². The molecule has 0 fully saturated rings. The summed E-state index contributed by atoms with van der Waals surface area (Å²) in [7, 11) is 1.62. The van der Waals surface area contributed by atoms with Crippen LogP contribution in [0.15, 0.2) is 40.2 Å². The predicted octanol–water partition coefficient (Wildman–Crippen LogP) is 1.84. The lowest BCUT2D eigenvalue weighted by Gasteiger charge is -2.11. The summed E-state index contributed by atoms with van der Waals surface area (Å²) in [5.41, 5.74) is 0.661. The molecule has 0 aliphatic heterocycles. The minimum Gasteiger partial charge on any atom is -0.462 e. The Kier molecular flexibility index (Phi) is 5.39. The first kappa shape index (κ1) is 19.5. The van der Waals surface area contributed by atoms with E-state index in [4.69, 9.17) is 4.74 Å². The second kappa shape index (κ2) is 7.75. The molecule has 0 N–H and O–H groups in total. The number of aryl methyl sites for hydroxylation is 1. The van der Waals surface area contributed by atoms with Gasteiger partial charge in [0, 0.05) is 19.7 Å². The molecule has 0 unspecified atom stereocenters. The van der Waals surface area contributed by atoms with Gasteiger partial charge in [0.1, 0.15) is 16.9 Å². The summed E-state index contributed by atoms with van der Waals surface area (Å²) in [6, 6.07) is 6.62. The number of esters is 1. The van der Waals surface area contributed by atoms with E-state index in [1.807, 2.05) is 13.8 Å². The molecule has 0 saturated carbocycles. The van der Waals surface area contributed by atoms with Crippen molar-refractivity contribution >= 4 is 28.6 Å². The summed E-state index contributed by atoms with van der Waals surface area (Å²) >= 11 is 0. The fourth-order valence-electron chi connectivity index (χ4n) is 2.97. The molecule has 3 heterocycles. The lowest BCUT2D eigenvalue weighted by Crippen LogP contribution is -2.31. The Morgan fingerprint density at radius 3 is 2.71 bits per heavy atom. The van der Waals surface area contributed by atoms with E-state index >= 15 is 0 Å². The first-order chi connectivity index (χ1) is 13.3. The standard InChI is InChI=1S/C20H22N4O4/c1-5-28-20(27)14-11-13-17(21-15-8-6-7-9-24(15)19(13)26)23(4)18(14)22-16(25)10-12(2)3/h6-9,11-12H,5,10H2,1-4H3. The Morgan fingerprint density at radius 1 is 1.29 bits per heavy atom.